The second-order valence-electron chi connectivity index (χ2n) is 5.68. The van der Waals surface area contributed by atoms with Crippen molar-refractivity contribution >= 4 is 28.4 Å². The highest BCUT2D eigenvalue weighted by molar-refractivity contribution is 5.79. The third-order valence-electron chi connectivity index (χ3n) is 3.96. The van der Waals surface area contributed by atoms with Crippen molar-refractivity contribution in [2.24, 2.45) is 0 Å². The molecule has 4 aromatic rings. The van der Waals surface area contributed by atoms with E-state index < -0.39 is 0 Å². The molecule has 0 radical (unpaired) electrons. The summed E-state index contributed by atoms with van der Waals surface area (Å²) in [6.07, 6.45) is 3.39. The highest BCUT2D eigenvalue weighted by Crippen LogP contribution is 2.34. The molecule has 0 N–H and O–H groups in total. The number of rotatable bonds is 3. The summed E-state index contributed by atoms with van der Waals surface area (Å²) in [6, 6.07) is 18.0. The van der Waals surface area contributed by atoms with Gasteiger partial charge in [-0.3, -0.25) is 9.88 Å². The Morgan fingerprint density at radius 3 is 2.60 bits per heavy atom. The fourth-order valence-electron chi connectivity index (χ4n) is 2.76. The maximum atomic E-state index is 13.8. The van der Waals surface area contributed by atoms with Crippen LogP contribution in [-0.4, -0.2) is 15.0 Å². The van der Waals surface area contributed by atoms with Gasteiger partial charge in [-0.15, -0.1) is 0 Å². The molecule has 4 nitrogen and oxygen atoms in total. The van der Waals surface area contributed by atoms with Crippen LogP contribution in [0.25, 0.3) is 11.0 Å². The topological polar surface area (TPSA) is 41.9 Å². The van der Waals surface area contributed by atoms with Crippen molar-refractivity contribution in [3.63, 3.8) is 0 Å². The van der Waals surface area contributed by atoms with E-state index in [1.165, 1.54) is 12.1 Å². The zero-order chi connectivity index (χ0) is 17.2. The fraction of sp³-hybridized carbons (Fsp3) is 0.0500. The van der Waals surface area contributed by atoms with Crippen molar-refractivity contribution in [3.8, 4) is 0 Å². The van der Waals surface area contributed by atoms with Gasteiger partial charge in [0.1, 0.15) is 11.3 Å². The Hall–Kier alpha value is -3.34. The van der Waals surface area contributed by atoms with E-state index >= 15 is 0 Å². The van der Waals surface area contributed by atoms with Gasteiger partial charge in [-0.1, -0.05) is 24.3 Å². The normalized spacial score (nSPS) is 10.8. The number of aromatic nitrogens is 3. The molecule has 122 valence electrons. The van der Waals surface area contributed by atoms with E-state index in [1.807, 2.05) is 54.3 Å². The van der Waals surface area contributed by atoms with Crippen LogP contribution in [0.2, 0.25) is 0 Å². The molecule has 2 aromatic carbocycles. The number of benzene rings is 2. The molecule has 2 aromatic heterocycles. The first-order valence-corrected chi connectivity index (χ1v) is 7.91. The monoisotopic (exact) mass is 330 g/mol. The minimum absolute atomic E-state index is 0.307. The Morgan fingerprint density at radius 1 is 0.880 bits per heavy atom. The summed E-state index contributed by atoms with van der Waals surface area (Å²) in [4.78, 5) is 15.2. The lowest BCUT2D eigenvalue weighted by atomic mass is 10.1. The molecule has 5 heteroatoms. The minimum atomic E-state index is -0.307. The van der Waals surface area contributed by atoms with E-state index in [4.69, 9.17) is 0 Å². The second kappa shape index (κ2) is 6.28. The van der Waals surface area contributed by atoms with Gasteiger partial charge in [0.15, 0.2) is 0 Å². The van der Waals surface area contributed by atoms with E-state index in [9.17, 15) is 4.39 Å². The molecule has 2 heterocycles. The van der Waals surface area contributed by atoms with Crippen molar-refractivity contribution in [1.82, 2.24) is 15.0 Å². The Balaban J connectivity index is 1.94. The number of halogens is 1. The van der Waals surface area contributed by atoms with Gasteiger partial charge in [-0.05, 0) is 48.9 Å². The lowest BCUT2D eigenvalue weighted by Gasteiger charge is -2.24. The van der Waals surface area contributed by atoms with Crippen molar-refractivity contribution < 1.29 is 4.39 Å². The molecule has 0 aliphatic rings. The number of aryl methyl sites for hydroxylation is 1. The van der Waals surface area contributed by atoms with Crippen LogP contribution in [0, 0.1) is 12.7 Å². The molecule has 0 spiro atoms. The Bertz CT molecular complexity index is 1050. The van der Waals surface area contributed by atoms with Crippen LogP contribution in [0.1, 0.15) is 5.56 Å². The number of anilines is 3. The highest BCUT2D eigenvalue weighted by atomic mass is 19.1. The number of pyridine rings is 1. The van der Waals surface area contributed by atoms with Crippen molar-refractivity contribution in [3.05, 3.63) is 84.4 Å². The molecule has 0 atom stereocenters. The standard InChI is InChI=1S/C20H15FN4/c1-14-6-2-3-10-19(14)25(16-8-4-7-15(21)12-16)20-23-13-18-17(24-20)9-5-11-22-18/h2-13H,1H3. The molecular formula is C20H15FN4. The lowest BCUT2D eigenvalue weighted by Crippen LogP contribution is -2.14. The van der Waals surface area contributed by atoms with Crippen LogP contribution in [0.15, 0.2) is 73.1 Å². The van der Waals surface area contributed by atoms with Crippen LogP contribution in [0.5, 0.6) is 0 Å². The summed E-state index contributed by atoms with van der Waals surface area (Å²) in [5, 5.41) is 0. The van der Waals surface area contributed by atoms with E-state index in [0.717, 1.165) is 22.3 Å². The van der Waals surface area contributed by atoms with E-state index in [0.29, 0.717) is 11.6 Å². The molecule has 25 heavy (non-hydrogen) atoms. The average Bonchev–Trinajstić information content (AvgIpc) is 2.64. The first-order valence-electron chi connectivity index (χ1n) is 7.91. The Kier molecular flexibility index (Phi) is 3.82. The van der Waals surface area contributed by atoms with Crippen LogP contribution in [0.3, 0.4) is 0 Å². The number of fused-ring (bicyclic) bond motifs is 1. The van der Waals surface area contributed by atoms with Gasteiger partial charge in [0.25, 0.3) is 0 Å². The predicted octanol–water partition coefficient (Wildman–Crippen LogP) is 4.94. The first-order chi connectivity index (χ1) is 12.2. The third-order valence-corrected chi connectivity index (χ3v) is 3.96. The van der Waals surface area contributed by atoms with Gasteiger partial charge in [0.2, 0.25) is 5.95 Å². The molecule has 0 unspecified atom stereocenters. The molecule has 0 fully saturated rings. The maximum Gasteiger partial charge on any atom is 0.235 e. The van der Waals surface area contributed by atoms with Crippen LogP contribution in [-0.2, 0) is 0 Å². The highest BCUT2D eigenvalue weighted by Gasteiger charge is 2.17. The Morgan fingerprint density at radius 2 is 1.76 bits per heavy atom. The van der Waals surface area contributed by atoms with Gasteiger partial charge >= 0.3 is 0 Å². The predicted molar refractivity (Wildman–Crippen MR) is 96.7 cm³/mol. The summed E-state index contributed by atoms with van der Waals surface area (Å²) in [6.45, 7) is 2.00. The molecular weight excluding hydrogens is 315 g/mol. The fourth-order valence-corrected chi connectivity index (χ4v) is 2.76. The summed E-state index contributed by atoms with van der Waals surface area (Å²) in [5.74, 6) is 0.166. The molecule has 0 saturated carbocycles. The molecule has 4 rings (SSSR count). The zero-order valence-electron chi connectivity index (χ0n) is 13.6. The zero-order valence-corrected chi connectivity index (χ0v) is 13.6. The van der Waals surface area contributed by atoms with Gasteiger partial charge in [-0.2, -0.15) is 0 Å². The van der Waals surface area contributed by atoms with Crippen LogP contribution < -0.4 is 4.90 Å². The SMILES string of the molecule is Cc1ccccc1N(c1cccc(F)c1)c1ncc2ncccc2n1. The first kappa shape index (κ1) is 15.2. The van der Waals surface area contributed by atoms with Gasteiger partial charge in [0.05, 0.1) is 23.1 Å². The Labute approximate surface area is 144 Å². The lowest BCUT2D eigenvalue weighted by molar-refractivity contribution is 0.628. The van der Waals surface area contributed by atoms with Gasteiger partial charge < -0.3 is 0 Å². The quantitative estimate of drug-likeness (QED) is 0.533. The van der Waals surface area contributed by atoms with Gasteiger partial charge in [-0.25, -0.2) is 14.4 Å². The minimum Gasteiger partial charge on any atom is -0.279 e. The second-order valence-corrected chi connectivity index (χ2v) is 5.68. The molecule has 0 aliphatic carbocycles. The van der Waals surface area contributed by atoms with Crippen molar-refractivity contribution in [1.29, 1.82) is 0 Å². The van der Waals surface area contributed by atoms with Crippen LogP contribution in [0.4, 0.5) is 21.7 Å². The molecule has 0 aliphatic heterocycles. The van der Waals surface area contributed by atoms with Crippen molar-refractivity contribution in [2.75, 3.05) is 4.90 Å². The smallest absolute Gasteiger partial charge is 0.235 e. The third kappa shape index (κ3) is 2.92. The molecule has 0 saturated heterocycles. The number of para-hydroxylation sites is 1. The summed E-state index contributed by atoms with van der Waals surface area (Å²) in [7, 11) is 0. The number of hydrogen-bond donors (Lipinski definition) is 0. The largest absolute Gasteiger partial charge is 0.279 e. The van der Waals surface area contributed by atoms with E-state index in [2.05, 4.69) is 15.0 Å². The van der Waals surface area contributed by atoms with E-state index in [-0.39, 0.29) is 5.82 Å². The van der Waals surface area contributed by atoms with Gasteiger partial charge in [0, 0.05) is 6.20 Å². The molecule has 0 bridgehead atoms. The summed E-state index contributed by atoms with van der Waals surface area (Å²) < 4.78 is 13.8. The van der Waals surface area contributed by atoms with Crippen LogP contribution >= 0.6 is 0 Å². The summed E-state index contributed by atoms with van der Waals surface area (Å²) >= 11 is 0. The number of nitrogens with zero attached hydrogens (tertiary/aromatic N) is 4. The number of hydrogen-bond acceptors (Lipinski definition) is 4. The summed E-state index contributed by atoms with van der Waals surface area (Å²) in [5.41, 5.74) is 4.06. The van der Waals surface area contributed by atoms with E-state index in [1.54, 1.807) is 18.5 Å². The molecule has 0 amide bonds. The maximum absolute atomic E-state index is 13.8. The van der Waals surface area contributed by atoms with Crippen molar-refractivity contribution in [2.45, 2.75) is 6.92 Å². The average molecular weight is 330 g/mol.